The maximum absolute atomic E-state index is 12.4. The van der Waals surface area contributed by atoms with E-state index < -0.39 is 0 Å². The molecule has 0 spiro atoms. The SMILES string of the molecule is Cc1ccc(C(=O)CCC(=O)CCC(=O)NC(C)c2cccc(NC(=O)c3ccccc3)c2)s1. The summed E-state index contributed by atoms with van der Waals surface area (Å²) in [5.74, 6) is -0.584. The van der Waals surface area contributed by atoms with Gasteiger partial charge in [-0.05, 0) is 55.8 Å². The maximum Gasteiger partial charge on any atom is 0.255 e. The Morgan fingerprint density at radius 3 is 2.29 bits per heavy atom. The molecule has 0 aliphatic carbocycles. The number of benzene rings is 2. The van der Waals surface area contributed by atoms with Crippen LogP contribution in [0.3, 0.4) is 0 Å². The zero-order valence-corrected chi connectivity index (χ0v) is 20.1. The van der Waals surface area contributed by atoms with Crippen LogP contribution in [-0.4, -0.2) is 23.4 Å². The molecule has 1 unspecified atom stereocenters. The summed E-state index contributed by atoms with van der Waals surface area (Å²) in [5.41, 5.74) is 2.03. The van der Waals surface area contributed by atoms with Gasteiger partial charge in [-0.15, -0.1) is 11.3 Å². The molecule has 1 heterocycles. The minimum absolute atomic E-state index is 0.0382. The van der Waals surface area contributed by atoms with Gasteiger partial charge in [-0.1, -0.05) is 30.3 Å². The Bertz CT molecular complexity index is 1170. The first-order chi connectivity index (χ1) is 16.3. The topological polar surface area (TPSA) is 92.3 Å². The summed E-state index contributed by atoms with van der Waals surface area (Å²) in [6.45, 7) is 3.78. The van der Waals surface area contributed by atoms with Gasteiger partial charge in [-0.25, -0.2) is 0 Å². The number of aryl methyl sites for hydroxylation is 1. The fourth-order valence-electron chi connectivity index (χ4n) is 3.41. The van der Waals surface area contributed by atoms with Gasteiger partial charge >= 0.3 is 0 Å². The lowest BCUT2D eigenvalue weighted by Crippen LogP contribution is -2.27. The summed E-state index contributed by atoms with van der Waals surface area (Å²) in [4.78, 5) is 50.7. The summed E-state index contributed by atoms with van der Waals surface area (Å²) in [5, 5.41) is 5.75. The summed E-state index contributed by atoms with van der Waals surface area (Å²) in [7, 11) is 0. The van der Waals surface area contributed by atoms with E-state index in [1.807, 2.05) is 44.2 Å². The van der Waals surface area contributed by atoms with Crippen molar-refractivity contribution in [2.75, 3.05) is 5.32 Å². The zero-order valence-electron chi connectivity index (χ0n) is 19.3. The minimum atomic E-state index is -0.292. The number of hydrogen-bond acceptors (Lipinski definition) is 5. The number of amides is 2. The molecule has 34 heavy (non-hydrogen) atoms. The Balaban J connectivity index is 1.44. The lowest BCUT2D eigenvalue weighted by atomic mass is 10.1. The highest BCUT2D eigenvalue weighted by Gasteiger charge is 2.15. The van der Waals surface area contributed by atoms with Crippen molar-refractivity contribution in [1.29, 1.82) is 0 Å². The van der Waals surface area contributed by atoms with Crippen molar-refractivity contribution in [3.8, 4) is 0 Å². The van der Waals surface area contributed by atoms with Gasteiger partial charge in [0, 0.05) is 41.8 Å². The fourth-order valence-corrected chi connectivity index (χ4v) is 4.25. The van der Waals surface area contributed by atoms with E-state index in [-0.39, 0.29) is 55.1 Å². The molecular formula is C27H28N2O4S. The fraction of sp³-hybridized carbons (Fsp3) is 0.259. The molecule has 0 fully saturated rings. The van der Waals surface area contributed by atoms with Crippen molar-refractivity contribution in [3.63, 3.8) is 0 Å². The van der Waals surface area contributed by atoms with Crippen LogP contribution in [-0.2, 0) is 9.59 Å². The predicted octanol–water partition coefficient (Wildman–Crippen LogP) is 5.50. The van der Waals surface area contributed by atoms with Gasteiger partial charge in [0.25, 0.3) is 5.91 Å². The second-order valence-corrected chi connectivity index (χ2v) is 9.39. The molecule has 0 radical (unpaired) electrons. The molecular weight excluding hydrogens is 448 g/mol. The highest BCUT2D eigenvalue weighted by Crippen LogP contribution is 2.19. The van der Waals surface area contributed by atoms with Crippen LogP contribution >= 0.6 is 11.3 Å². The van der Waals surface area contributed by atoms with Crippen molar-refractivity contribution in [2.24, 2.45) is 0 Å². The maximum atomic E-state index is 12.4. The lowest BCUT2D eigenvalue weighted by molar-refractivity contribution is -0.125. The highest BCUT2D eigenvalue weighted by molar-refractivity contribution is 7.14. The molecule has 0 saturated carbocycles. The monoisotopic (exact) mass is 476 g/mol. The standard InChI is InChI=1S/C27H28N2O4S/c1-18-11-15-25(34-18)24(31)14-12-23(30)13-16-26(32)28-19(2)21-9-6-10-22(17-21)29-27(33)20-7-4-3-5-8-20/h3-11,15,17,19H,12-14,16H2,1-2H3,(H,28,32)(H,29,33). The molecule has 2 amide bonds. The van der Waals surface area contributed by atoms with Gasteiger partial charge in [0.05, 0.1) is 10.9 Å². The molecule has 2 aromatic carbocycles. The number of ketones is 2. The van der Waals surface area contributed by atoms with Crippen LogP contribution in [0.15, 0.2) is 66.7 Å². The Morgan fingerprint density at radius 2 is 1.59 bits per heavy atom. The van der Waals surface area contributed by atoms with Crippen molar-refractivity contribution in [1.82, 2.24) is 5.32 Å². The van der Waals surface area contributed by atoms with Crippen molar-refractivity contribution < 1.29 is 19.2 Å². The number of nitrogens with one attached hydrogen (secondary N) is 2. The second-order valence-electron chi connectivity index (χ2n) is 8.11. The number of carbonyl (C=O) groups is 4. The predicted molar refractivity (Wildman–Crippen MR) is 134 cm³/mol. The summed E-state index contributed by atoms with van der Waals surface area (Å²) >= 11 is 1.43. The number of Topliss-reactive ketones (excluding diaryl/α,β-unsaturated/α-hetero) is 2. The number of carbonyl (C=O) groups excluding carboxylic acids is 4. The van der Waals surface area contributed by atoms with Gasteiger partial charge in [-0.3, -0.25) is 19.2 Å². The Labute approximate surface area is 203 Å². The average Bonchev–Trinajstić information content (AvgIpc) is 3.28. The van der Waals surface area contributed by atoms with Crippen molar-refractivity contribution in [3.05, 3.63) is 87.6 Å². The van der Waals surface area contributed by atoms with E-state index in [0.29, 0.717) is 16.1 Å². The number of rotatable bonds is 11. The van der Waals surface area contributed by atoms with Crippen LogP contribution < -0.4 is 10.6 Å². The highest BCUT2D eigenvalue weighted by atomic mass is 32.1. The molecule has 3 aromatic rings. The summed E-state index contributed by atoms with van der Waals surface area (Å²) in [6.07, 6.45) is 0.475. The molecule has 7 heteroatoms. The Kier molecular flexibility index (Phi) is 8.87. The number of hydrogen-bond donors (Lipinski definition) is 2. The quantitative estimate of drug-likeness (QED) is 0.358. The first-order valence-electron chi connectivity index (χ1n) is 11.2. The van der Waals surface area contributed by atoms with Gasteiger partial charge in [0.1, 0.15) is 5.78 Å². The average molecular weight is 477 g/mol. The first kappa shape index (κ1) is 25.1. The molecule has 2 N–H and O–H groups in total. The number of anilines is 1. The van der Waals surface area contributed by atoms with Crippen molar-refractivity contribution in [2.45, 2.75) is 45.6 Å². The van der Waals surface area contributed by atoms with E-state index in [1.54, 1.807) is 36.4 Å². The van der Waals surface area contributed by atoms with Crippen LogP contribution in [0.2, 0.25) is 0 Å². The van der Waals surface area contributed by atoms with Crippen molar-refractivity contribution >= 4 is 40.4 Å². The molecule has 6 nitrogen and oxygen atoms in total. The second kappa shape index (κ2) is 12.0. The van der Waals surface area contributed by atoms with E-state index in [1.165, 1.54) is 11.3 Å². The Morgan fingerprint density at radius 1 is 0.853 bits per heavy atom. The molecule has 0 aliphatic heterocycles. The third kappa shape index (κ3) is 7.49. The first-order valence-corrected chi connectivity index (χ1v) is 12.0. The van der Waals surface area contributed by atoms with Crippen LogP contribution in [0.5, 0.6) is 0 Å². The van der Waals surface area contributed by atoms with Gasteiger partial charge < -0.3 is 10.6 Å². The zero-order chi connectivity index (χ0) is 24.5. The normalized spacial score (nSPS) is 11.5. The smallest absolute Gasteiger partial charge is 0.255 e. The molecule has 1 atom stereocenters. The van der Waals surface area contributed by atoms with Crippen LogP contribution in [0.1, 0.15) is 69.1 Å². The minimum Gasteiger partial charge on any atom is -0.350 e. The van der Waals surface area contributed by atoms with Gasteiger partial charge in [0.2, 0.25) is 5.91 Å². The molecule has 1 aromatic heterocycles. The van der Waals surface area contributed by atoms with E-state index in [9.17, 15) is 19.2 Å². The molecule has 3 rings (SSSR count). The molecule has 0 saturated heterocycles. The van der Waals surface area contributed by atoms with Gasteiger partial charge in [0.15, 0.2) is 5.78 Å². The number of thiophene rings is 1. The summed E-state index contributed by atoms with van der Waals surface area (Å²) in [6, 6.07) is 19.6. The molecule has 176 valence electrons. The van der Waals surface area contributed by atoms with Crippen LogP contribution in [0.4, 0.5) is 5.69 Å². The molecule has 0 aliphatic rings. The van der Waals surface area contributed by atoms with E-state index in [0.717, 1.165) is 10.4 Å². The van der Waals surface area contributed by atoms with Crippen LogP contribution in [0.25, 0.3) is 0 Å². The van der Waals surface area contributed by atoms with E-state index >= 15 is 0 Å². The third-order valence-electron chi connectivity index (χ3n) is 5.33. The third-order valence-corrected chi connectivity index (χ3v) is 6.38. The Hall–Kier alpha value is -3.58. The van der Waals surface area contributed by atoms with E-state index in [4.69, 9.17) is 0 Å². The summed E-state index contributed by atoms with van der Waals surface area (Å²) < 4.78 is 0. The largest absolute Gasteiger partial charge is 0.350 e. The van der Waals surface area contributed by atoms with Crippen LogP contribution in [0, 0.1) is 6.92 Å². The van der Waals surface area contributed by atoms with Gasteiger partial charge in [-0.2, -0.15) is 0 Å². The van der Waals surface area contributed by atoms with E-state index in [2.05, 4.69) is 10.6 Å². The lowest BCUT2D eigenvalue weighted by Gasteiger charge is -2.16. The molecule has 0 bridgehead atoms.